The van der Waals surface area contributed by atoms with Crippen LogP contribution in [-0.4, -0.2) is 44.1 Å². The molecule has 0 saturated heterocycles. The first kappa shape index (κ1) is 34.1. The number of anilines is 1. The third kappa shape index (κ3) is 9.55. The number of benzene rings is 3. The number of carbonyl (C=O) groups is 2. The van der Waals surface area contributed by atoms with Crippen molar-refractivity contribution < 1.29 is 27.5 Å². The molecule has 0 aliphatic heterocycles. The van der Waals surface area contributed by atoms with Gasteiger partial charge in [0.1, 0.15) is 5.60 Å². The van der Waals surface area contributed by atoms with Crippen LogP contribution in [0.3, 0.4) is 0 Å². The Morgan fingerprint density at radius 2 is 1.49 bits per heavy atom. The van der Waals surface area contributed by atoms with E-state index >= 15 is 0 Å². The summed E-state index contributed by atoms with van der Waals surface area (Å²) in [6, 6.07) is 14.5. The van der Waals surface area contributed by atoms with Crippen LogP contribution in [0.15, 0.2) is 59.5 Å². The van der Waals surface area contributed by atoms with Gasteiger partial charge in [-0.1, -0.05) is 35.9 Å². The fourth-order valence-electron chi connectivity index (χ4n) is 4.23. The van der Waals surface area contributed by atoms with E-state index in [1.165, 1.54) is 0 Å². The monoisotopic (exact) mass is 628 g/mol. The second-order valence-corrected chi connectivity index (χ2v) is 14.6. The standard InChI is InChI=1S/C33H41ClN2O6S/c1-20-15-24(13-14-26(20)30(37)35-28(19-41-32(4,5)6)31(38)42-33(7,8)9)23-11-10-12-25(18-23)36-43(39,40)29-17-21(2)27(34)16-22(29)3/h10-18,28,36H,19H2,1-9H3,(H,35,37). The van der Waals surface area contributed by atoms with Crippen molar-refractivity contribution in [3.8, 4) is 11.1 Å². The van der Waals surface area contributed by atoms with E-state index in [-0.39, 0.29) is 11.5 Å². The number of hydrogen-bond acceptors (Lipinski definition) is 6. The number of carbonyl (C=O) groups excluding carboxylic acids is 2. The fourth-order valence-corrected chi connectivity index (χ4v) is 5.81. The van der Waals surface area contributed by atoms with Crippen LogP contribution in [0.2, 0.25) is 5.02 Å². The van der Waals surface area contributed by atoms with E-state index in [1.807, 2.05) is 32.9 Å². The van der Waals surface area contributed by atoms with Crippen LogP contribution < -0.4 is 10.0 Å². The Labute approximate surface area is 260 Å². The van der Waals surface area contributed by atoms with E-state index in [4.69, 9.17) is 21.1 Å². The molecule has 1 atom stereocenters. The summed E-state index contributed by atoms with van der Waals surface area (Å²) in [5.74, 6) is -1.02. The maximum absolute atomic E-state index is 13.3. The number of halogens is 1. The minimum atomic E-state index is -3.86. The van der Waals surface area contributed by atoms with Crippen LogP contribution in [0, 0.1) is 20.8 Å². The Morgan fingerprint density at radius 1 is 0.837 bits per heavy atom. The number of ether oxygens (including phenoxy) is 2. The third-order valence-electron chi connectivity index (χ3n) is 6.34. The van der Waals surface area contributed by atoms with Gasteiger partial charge in [-0.25, -0.2) is 13.2 Å². The Kier molecular flexibility index (Phi) is 10.4. The third-order valence-corrected chi connectivity index (χ3v) is 8.27. The summed E-state index contributed by atoms with van der Waals surface area (Å²) in [6.07, 6.45) is 0. The lowest BCUT2D eigenvalue weighted by molar-refractivity contribution is -0.160. The molecule has 0 saturated carbocycles. The lowest BCUT2D eigenvalue weighted by Gasteiger charge is -2.27. The van der Waals surface area contributed by atoms with E-state index in [2.05, 4.69) is 10.0 Å². The first-order valence-corrected chi connectivity index (χ1v) is 15.8. The van der Waals surface area contributed by atoms with Gasteiger partial charge < -0.3 is 14.8 Å². The molecule has 0 aliphatic rings. The van der Waals surface area contributed by atoms with Crippen molar-refractivity contribution in [3.63, 3.8) is 0 Å². The molecular weight excluding hydrogens is 588 g/mol. The zero-order chi connectivity index (χ0) is 32.3. The van der Waals surface area contributed by atoms with E-state index in [1.54, 1.807) is 84.0 Å². The number of nitrogens with one attached hydrogen (secondary N) is 2. The molecule has 0 heterocycles. The molecule has 1 amide bonds. The first-order chi connectivity index (χ1) is 19.8. The Hall–Kier alpha value is -3.40. The van der Waals surface area contributed by atoms with Gasteiger partial charge in [0.2, 0.25) is 0 Å². The number of aryl methyl sites for hydroxylation is 3. The van der Waals surface area contributed by atoms with Gasteiger partial charge in [-0.3, -0.25) is 9.52 Å². The first-order valence-electron chi connectivity index (χ1n) is 13.9. The number of esters is 1. The summed E-state index contributed by atoms with van der Waals surface area (Å²) in [5, 5.41) is 3.27. The quantitative estimate of drug-likeness (QED) is 0.247. The summed E-state index contributed by atoms with van der Waals surface area (Å²) >= 11 is 6.15. The smallest absolute Gasteiger partial charge is 0.331 e. The molecule has 0 aliphatic carbocycles. The Morgan fingerprint density at radius 3 is 2.09 bits per heavy atom. The predicted octanol–water partition coefficient (Wildman–Crippen LogP) is 6.99. The van der Waals surface area contributed by atoms with Crippen molar-refractivity contribution in [2.75, 3.05) is 11.3 Å². The van der Waals surface area contributed by atoms with Gasteiger partial charge in [0.05, 0.1) is 17.1 Å². The zero-order valence-corrected chi connectivity index (χ0v) is 27.8. The zero-order valence-electron chi connectivity index (χ0n) is 26.2. The van der Waals surface area contributed by atoms with Gasteiger partial charge in [0.15, 0.2) is 6.04 Å². The molecule has 3 aromatic rings. The molecule has 43 heavy (non-hydrogen) atoms. The molecule has 0 fully saturated rings. The molecule has 2 N–H and O–H groups in total. The topological polar surface area (TPSA) is 111 Å². The van der Waals surface area contributed by atoms with Crippen LogP contribution in [0.1, 0.15) is 68.6 Å². The molecule has 1 unspecified atom stereocenters. The van der Waals surface area contributed by atoms with Crippen LogP contribution >= 0.6 is 11.6 Å². The number of rotatable bonds is 9. The molecular formula is C33H41ClN2O6S. The van der Waals surface area contributed by atoms with E-state index in [9.17, 15) is 18.0 Å². The molecule has 8 nitrogen and oxygen atoms in total. The summed E-state index contributed by atoms with van der Waals surface area (Å²) in [6.45, 7) is 16.1. The average molecular weight is 629 g/mol. The predicted molar refractivity (Wildman–Crippen MR) is 171 cm³/mol. The number of sulfonamides is 1. The summed E-state index contributed by atoms with van der Waals surface area (Å²) in [4.78, 5) is 26.3. The normalized spacial score (nSPS) is 12.9. The van der Waals surface area contributed by atoms with Gasteiger partial charge >= 0.3 is 5.97 Å². The second-order valence-electron chi connectivity index (χ2n) is 12.6. The summed E-state index contributed by atoms with van der Waals surface area (Å²) in [7, 11) is -3.86. The molecule has 0 aromatic heterocycles. The maximum Gasteiger partial charge on any atom is 0.331 e. The molecule has 232 valence electrons. The highest BCUT2D eigenvalue weighted by Gasteiger charge is 2.29. The largest absolute Gasteiger partial charge is 0.458 e. The van der Waals surface area contributed by atoms with Crippen molar-refractivity contribution >= 4 is 39.2 Å². The van der Waals surface area contributed by atoms with Crippen LogP contribution in [-0.2, 0) is 24.3 Å². The van der Waals surface area contributed by atoms with Gasteiger partial charge in [-0.15, -0.1) is 0 Å². The minimum Gasteiger partial charge on any atom is -0.458 e. The lowest BCUT2D eigenvalue weighted by atomic mass is 9.99. The van der Waals surface area contributed by atoms with Gasteiger partial charge in [-0.05, 0) is 120 Å². The van der Waals surface area contributed by atoms with Crippen LogP contribution in [0.5, 0.6) is 0 Å². The fraction of sp³-hybridized carbons (Fsp3) is 0.394. The van der Waals surface area contributed by atoms with Crippen LogP contribution in [0.4, 0.5) is 5.69 Å². The molecule has 0 radical (unpaired) electrons. The molecule has 3 aromatic carbocycles. The van der Waals surface area contributed by atoms with Gasteiger partial charge in [-0.2, -0.15) is 0 Å². The second kappa shape index (κ2) is 13.1. The highest BCUT2D eigenvalue weighted by molar-refractivity contribution is 7.92. The Bertz CT molecular complexity index is 1620. The molecule has 0 spiro atoms. The van der Waals surface area contributed by atoms with Crippen molar-refractivity contribution in [2.45, 2.75) is 84.5 Å². The van der Waals surface area contributed by atoms with Crippen molar-refractivity contribution in [1.29, 1.82) is 0 Å². The SMILES string of the molecule is Cc1cc(S(=O)(=O)Nc2cccc(-c3ccc(C(=O)NC(COC(C)(C)C)C(=O)OC(C)(C)C)c(C)c3)c2)c(C)cc1Cl. The Balaban J connectivity index is 1.83. The van der Waals surface area contributed by atoms with E-state index in [0.29, 0.717) is 33.0 Å². The molecule has 0 bridgehead atoms. The van der Waals surface area contributed by atoms with Gasteiger partial charge in [0, 0.05) is 16.3 Å². The molecule has 3 rings (SSSR count). The average Bonchev–Trinajstić information content (AvgIpc) is 2.86. The van der Waals surface area contributed by atoms with E-state index in [0.717, 1.165) is 11.1 Å². The van der Waals surface area contributed by atoms with Crippen molar-refractivity contribution in [3.05, 3.63) is 81.9 Å². The van der Waals surface area contributed by atoms with Crippen molar-refractivity contribution in [1.82, 2.24) is 5.32 Å². The van der Waals surface area contributed by atoms with Crippen molar-refractivity contribution in [2.24, 2.45) is 0 Å². The summed E-state index contributed by atoms with van der Waals surface area (Å²) in [5.41, 5.74) is 2.96. The van der Waals surface area contributed by atoms with Gasteiger partial charge in [0.25, 0.3) is 15.9 Å². The van der Waals surface area contributed by atoms with Crippen LogP contribution in [0.25, 0.3) is 11.1 Å². The minimum absolute atomic E-state index is 0.0426. The lowest BCUT2D eigenvalue weighted by Crippen LogP contribution is -2.48. The highest BCUT2D eigenvalue weighted by atomic mass is 35.5. The van der Waals surface area contributed by atoms with E-state index < -0.39 is 39.1 Å². The summed E-state index contributed by atoms with van der Waals surface area (Å²) < 4.78 is 40.3. The highest BCUT2D eigenvalue weighted by Crippen LogP contribution is 2.29. The maximum atomic E-state index is 13.3. The molecule has 10 heteroatoms. The number of hydrogen-bond donors (Lipinski definition) is 2. The number of amides is 1.